The van der Waals surface area contributed by atoms with E-state index in [2.05, 4.69) is 9.71 Å². The maximum atomic E-state index is 14.7. The Morgan fingerprint density at radius 1 is 1.00 bits per heavy atom. The highest BCUT2D eigenvalue weighted by molar-refractivity contribution is 7.91. The van der Waals surface area contributed by atoms with Crippen LogP contribution in [0.1, 0.15) is 41.9 Å². The van der Waals surface area contributed by atoms with Crippen molar-refractivity contribution in [2.24, 2.45) is 0 Å². The number of nitrogens with zero attached hydrogens (tertiary/aromatic N) is 4. The van der Waals surface area contributed by atoms with Crippen LogP contribution in [0.25, 0.3) is 16.6 Å². The van der Waals surface area contributed by atoms with Gasteiger partial charge in [0.15, 0.2) is 0 Å². The van der Waals surface area contributed by atoms with E-state index in [9.17, 15) is 35.6 Å². The number of thiophene rings is 1. The molecule has 1 N–H and O–H groups in total. The van der Waals surface area contributed by atoms with Crippen LogP contribution in [0.2, 0.25) is 0 Å². The topological polar surface area (TPSA) is 123 Å². The second kappa shape index (κ2) is 16.3. The monoisotopic (exact) mass is 779 g/mol. The van der Waals surface area contributed by atoms with Gasteiger partial charge in [-0.25, -0.2) is 22.5 Å². The molecule has 3 heterocycles. The lowest BCUT2D eigenvalue weighted by Gasteiger charge is -2.33. The van der Waals surface area contributed by atoms with Crippen LogP contribution < -0.4 is 15.0 Å². The van der Waals surface area contributed by atoms with Crippen molar-refractivity contribution < 1.29 is 35.5 Å². The van der Waals surface area contributed by atoms with Gasteiger partial charge < -0.3 is 9.64 Å². The Balaban J connectivity index is 1.51. The zero-order valence-electron chi connectivity index (χ0n) is 28.7. The van der Waals surface area contributed by atoms with Gasteiger partial charge in [-0.05, 0) is 90.5 Å². The molecule has 0 saturated carbocycles. The lowest BCUT2D eigenvalue weighted by atomic mass is 10.0. The van der Waals surface area contributed by atoms with Gasteiger partial charge in [-0.15, -0.1) is 11.3 Å². The van der Waals surface area contributed by atoms with Crippen molar-refractivity contribution in [1.29, 1.82) is 0 Å². The van der Waals surface area contributed by atoms with Crippen LogP contribution in [0.5, 0.6) is 5.75 Å². The summed E-state index contributed by atoms with van der Waals surface area (Å²) < 4.78 is 90.8. The van der Waals surface area contributed by atoms with Crippen LogP contribution in [0.4, 0.5) is 17.6 Å². The minimum Gasteiger partial charge on any atom is -0.494 e. The quantitative estimate of drug-likeness (QED) is 0.117. The number of para-hydroxylation sites is 1. The Bertz CT molecular complexity index is 2410. The Hall–Kier alpha value is -5.45. The van der Waals surface area contributed by atoms with Crippen LogP contribution in [0.15, 0.2) is 118 Å². The van der Waals surface area contributed by atoms with Gasteiger partial charge in [-0.3, -0.25) is 19.1 Å². The van der Waals surface area contributed by atoms with Crippen molar-refractivity contribution in [2.75, 3.05) is 13.2 Å². The van der Waals surface area contributed by atoms with Gasteiger partial charge in [0.05, 0.1) is 41.2 Å². The van der Waals surface area contributed by atoms with Gasteiger partial charge in [-0.2, -0.15) is 13.2 Å². The lowest BCUT2D eigenvalue weighted by molar-refractivity contribution is -0.140. The fraction of sp³-hybridized carbons (Fsp3) is 0.211. The van der Waals surface area contributed by atoms with E-state index in [1.165, 1.54) is 27.9 Å². The molecule has 1 amide bonds. The number of benzene rings is 3. The van der Waals surface area contributed by atoms with E-state index in [1.807, 2.05) is 6.92 Å². The normalized spacial score (nSPS) is 12.5. The molecule has 10 nitrogen and oxygen atoms in total. The van der Waals surface area contributed by atoms with E-state index >= 15 is 0 Å². The average Bonchev–Trinajstić information content (AvgIpc) is 3.70. The number of carbonyl (C=O) groups is 1. The predicted octanol–water partition coefficient (Wildman–Crippen LogP) is 7.08. The number of hydrogen-bond donors (Lipinski definition) is 1. The summed E-state index contributed by atoms with van der Waals surface area (Å²) in [6.45, 7) is 1.88. The molecular weight excluding hydrogens is 747 g/mol. The first-order valence-corrected chi connectivity index (χ1v) is 19.0. The van der Waals surface area contributed by atoms with E-state index < -0.39 is 51.5 Å². The molecule has 1 atom stereocenters. The highest BCUT2D eigenvalue weighted by atomic mass is 32.2. The molecule has 54 heavy (non-hydrogen) atoms. The second-order valence-electron chi connectivity index (χ2n) is 12.1. The smallest absolute Gasteiger partial charge is 0.419 e. The number of amides is 1. The number of halogens is 4. The molecule has 0 aliphatic heterocycles. The molecule has 0 saturated heterocycles. The van der Waals surface area contributed by atoms with E-state index in [-0.39, 0.29) is 40.5 Å². The van der Waals surface area contributed by atoms with E-state index in [0.29, 0.717) is 41.3 Å². The molecule has 0 fully saturated rings. The molecule has 280 valence electrons. The van der Waals surface area contributed by atoms with Crippen LogP contribution in [0.3, 0.4) is 0 Å². The first-order chi connectivity index (χ1) is 25.9. The standard InChI is InChI=1S/C38H33F4N5O5S2/c1-2-52-28-14-12-27(13-15-28)47-36(45-32-9-4-3-8-29(32)37(47)49)33(17-19-44-54(50,51)35-10-6-20-53-35)46(24-26-7-5-18-43-23-26)34(48)22-25-11-16-30(31(39)21-25)38(40,41)42/h3-16,18,20-21,23,33,44H,2,17,19,22,24H2,1H3. The number of rotatable bonds is 14. The third kappa shape index (κ3) is 8.67. The maximum Gasteiger partial charge on any atom is 0.419 e. The molecule has 16 heteroatoms. The molecule has 6 rings (SSSR count). The number of fused-ring (bicyclic) bond motifs is 1. The summed E-state index contributed by atoms with van der Waals surface area (Å²) >= 11 is 1.02. The predicted molar refractivity (Wildman–Crippen MR) is 195 cm³/mol. The summed E-state index contributed by atoms with van der Waals surface area (Å²) in [4.78, 5) is 39.3. The highest BCUT2D eigenvalue weighted by Crippen LogP contribution is 2.33. The molecule has 0 spiro atoms. The van der Waals surface area contributed by atoms with E-state index in [1.54, 1.807) is 72.1 Å². The number of alkyl halides is 3. The summed E-state index contributed by atoms with van der Waals surface area (Å²) in [5.74, 6) is -1.58. The first kappa shape index (κ1) is 38.3. The summed E-state index contributed by atoms with van der Waals surface area (Å²) in [5, 5.41) is 1.89. The molecule has 0 radical (unpaired) electrons. The van der Waals surface area contributed by atoms with Crippen molar-refractivity contribution in [3.8, 4) is 11.4 Å². The van der Waals surface area contributed by atoms with Gasteiger partial charge in [0.1, 0.15) is 21.6 Å². The van der Waals surface area contributed by atoms with Crippen LogP contribution >= 0.6 is 11.3 Å². The number of sulfonamides is 1. The Morgan fingerprint density at radius 3 is 2.44 bits per heavy atom. The Labute approximate surface area is 311 Å². The molecule has 0 aliphatic rings. The molecule has 0 aliphatic carbocycles. The molecule has 0 bridgehead atoms. The van der Waals surface area contributed by atoms with Gasteiger partial charge in [0, 0.05) is 25.5 Å². The van der Waals surface area contributed by atoms with Crippen LogP contribution in [0, 0.1) is 5.82 Å². The van der Waals surface area contributed by atoms with Crippen LogP contribution in [-0.4, -0.2) is 46.9 Å². The SMILES string of the molecule is CCOc1ccc(-n2c(C(CCNS(=O)(=O)c3cccs3)N(Cc3cccnc3)C(=O)Cc3ccc(C(F)(F)F)c(F)c3)nc3ccccc3c2=O)cc1. The summed E-state index contributed by atoms with van der Waals surface area (Å²) in [7, 11) is -3.97. The van der Waals surface area contributed by atoms with Crippen molar-refractivity contribution in [3.63, 3.8) is 0 Å². The lowest BCUT2D eigenvalue weighted by Crippen LogP contribution is -2.40. The second-order valence-corrected chi connectivity index (χ2v) is 15.0. The highest BCUT2D eigenvalue weighted by Gasteiger charge is 2.35. The van der Waals surface area contributed by atoms with Crippen molar-refractivity contribution in [1.82, 2.24) is 24.2 Å². The number of ether oxygens (including phenoxy) is 1. The average molecular weight is 780 g/mol. The zero-order valence-corrected chi connectivity index (χ0v) is 30.3. The number of pyridine rings is 1. The van der Waals surface area contributed by atoms with Crippen molar-refractivity contribution >= 4 is 38.2 Å². The molecule has 6 aromatic rings. The molecule has 1 unspecified atom stereocenters. The fourth-order valence-corrected chi connectivity index (χ4v) is 8.04. The van der Waals surface area contributed by atoms with Crippen LogP contribution in [-0.2, 0) is 34.0 Å². The molecule has 3 aromatic heterocycles. The molecular formula is C38H33F4N5O5S2. The largest absolute Gasteiger partial charge is 0.494 e. The number of nitrogens with one attached hydrogen (secondary N) is 1. The van der Waals surface area contributed by atoms with Gasteiger partial charge in [0.25, 0.3) is 5.56 Å². The summed E-state index contributed by atoms with van der Waals surface area (Å²) in [5.41, 5.74) is -0.746. The van der Waals surface area contributed by atoms with Crippen molar-refractivity contribution in [2.45, 2.75) is 42.7 Å². The minimum absolute atomic E-state index is 0.0331. The Kier molecular flexibility index (Phi) is 11.5. The minimum atomic E-state index is -4.94. The Morgan fingerprint density at radius 2 is 1.78 bits per heavy atom. The fourth-order valence-electron chi connectivity index (χ4n) is 5.96. The number of aromatic nitrogens is 3. The van der Waals surface area contributed by atoms with Gasteiger partial charge >= 0.3 is 6.18 Å². The van der Waals surface area contributed by atoms with Gasteiger partial charge in [-0.1, -0.05) is 30.3 Å². The molecule has 3 aromatic carbocycles. The summed E-state index contributed by atoms with van der Waals surface area (Å²) in [6, 6.07) is 20.8. The zero-order chi connectivity index (χ0) is 38.5. The van der Waals surface area contributed by atoms with E-state index in [4.69, 9.17) is 9.72 Å². The van der Waals surface area contributed by atoms with Crippen molar-refractivity contribution in [3.05, 3.63) is 147 Å². The van der Waals surface area contributed by atoms with E-state index in [0.717, 1.165) is 17.4 Å². The maximum absolute atomic E-state index is 14.7. The van der Waals surface area contributed by atoms with Gasteiger partial charge in [0.2, 0.25) is 15.9 Å². The number of hydrogen-bond acceptors (Lipinski definition) is 8. The number of carbonyl (C=O) groups excluding carboxylic acids is 1. The third-order valence-electron chi connectivity index (χ3n) is 8.44. The third-order valence-corrected chi connectivity index (χ3v) is 11.3. The first-order valence-electron chi connectivity index (χ1n) is 16.7. The summed E-state index contributed by atoms with van der Waals surface area (Å²) in [6.07, 6.45) is -2.53.